The first-order valence-electron chi connectivity index (χ1n) is 7.76. The van der Waals surface area contributed by atoms with Gasteiger partial charge in [0.25, 0.3) is 5.91 Å². The average molecular weight is 396 g/mol. The highest BCUT2D eigenvalue weighted by Crippen LogP contribution is 2.22. The second kappa shape index (κ2) is 6.57. The lowest BCUT2D eigenvalue weighted by Crippen LogP contribution is -2.15. The van der Waals surface area contributed by atoms with Crippen molar-refractivity contribution in [3.05, 3.63) is 82.7 Å². The summed E-state index contributed by atoms with van der Waals surface area (Å²) in [5.41, 5.74) is 2.92. The smallest absolute Gasteiger partial charge is 0.293 e. The number of fused-ring (bicyclic) bond motifs is 1. The fraction of sp³-hybridized carbons (Fsp3) is 0.0526. The monoisotopic (exact) mass is 395 g/mol. The number of imidazole rings is 1. The minimum absolute atomic E-state index is 0.227. The molecule has 6 heteroatoms. The van der Waals surface area contributed by atoms with Crippen molar-refractivity contribution in [2.24, 2.45) is 0 Å². The van der Waals surface area contributed by atoms with Gasteiger partial charge in [0.05, 0.1) is 17.6 Å². The first kappa shape index (κ1) is 15.7. The van der Waals surface area contributed by atoms with Crippen molar-refractivity contribution >= 4 is 38.8 Å². The third-order valence-corrected chi connectivity index (χ3v) is 4.29. The van der Waals surface area contributed by atoms with Crippen LogP contribution in [-0.4, -0.2) is 15.5 Å². The van der Waals surface area contributed by atoms with Gasteiger partial charge in [0.15, 0.2) is 10.4 Å². The zero-order valence-electron chi connectivity index (χ0n) is 13.1. The fourth-order valence-electron chi connectivity index (χ4n) is 2.70. The molecule has 4 rings (SSSR count). The molecule has 0 saturated heterocycles. The summed E-state index contributed by atoms with van der Waals surface area (Å²) in [6.45, 7) is 0.610. The molecular weight excluding hydrogens is 382 g/mol. The summed E-state index contributed by atoms with van der Waals surface area (Å²) in [7, 11) is 0. The molecule has 0 aliphatic heterocycles. The summed E-state index contributed by atoms with van der Waals surface area (Å²) in [4.78, 5) is 17.0. The van der Waals surface area contributed by atoms with Crippen LogP contribution in [0.2, 0.25) is 0 Å². The van der Waals surface area contributed by atoms with Gasteiger partial charge >= 0.3 is 0 Å². The number of para-hydroxylation sites is 2. The molecule has 2 aromatic carbocycles. The second-order valence-corrected chi connectivity index (χ2v) is 6.34. The van der Waals surface area contributed by atoms with Crippen LogP contribution in [0.3, 0.4) is 0 Å². The summed E-state index contributed by atoms with van der Waals surface area (Å²) in [5, 5.41) is 2.85. The normalized spacial score (nSPS) is 10.9. The number of halogens is 1. The van der Waals surface area contributed by atoms with Gasteiger partial charge in [-0.05, 0) is 45.8 Å². The van der Waals surface area contributed by atoms with Crippen LogP contribution in [0, 0.1) is 0 Å². The predicted molar refractivity (Wildman–Crippen MR) is 99.6 cm³/mol. The van der Waals surface area contributed by atoms with Crippen molar-refractivity contribution < 1.29 is 9.21 Å². The van der Waals surface area contributed by atoms with E-state index in [9.17, 15) is 4.79 Å². The molecule has 0 fully saturated rings. The molecule has 124 valence electrons. The van der Waals surface area contributed by atoms with Crippen molar-refractivity contribution in [3.63, 3.8) is 0 Å². The van der Waals surface area contributed by atoms with E-state index in [0.29, 0.717) is 17.2 Å². The van der Waals surface area contributed by atoms with Gasteiger partial charge in [0.1, 0.15) is 0 Å². The van der Waals surface area contributed by atoms with Crippen molar-refractivity contribution in [1.29, 1.82) is 0 Å². The van der Waals surface area contributed by atoms with E-state index in [4.69, 9.17) is 4.42 Å². The van der Waals surface area contributed by atoms with E-state index in [1.54, 1.807) is 12.1 Å². The van der Waals surface area contributed by atoms with Crippen LogP contribution in [0.5, 0.6) is 0 Å². The van der Waals surface area contributed by atoms with E-state index in [1.165, 1.54) is 0 Å². The third kappa shape index (κ3) is 3.21. The number of rotatable bonds is 4. The highest BCUT2D eigenvalue weighted by molar-refractivity contribution is 9.10. The summed E-state index contributed by atoms with van der Waals surface area (Å²) < 4.78 is 7.81. The van der Waals surface area contributed by atoms with Crippen molar-refractivity contribution in [1.82, 2.24) is 9.55 Å². The van der Waals surface area contributed by atoms with E-state index < -0.39 is 0 Å². The standard InChI is InChI=1S/C19H14BrN3O2/c20-17-11-10-16(25-17)18(24)22-19-21-14-8-4-5-9-15(14)23(19)12-13-6-2-1-3-7-13/h1-11H,12H2,(H,21,22,24). The first-order chi connectivity index (χ1) is 12.2. The molecule has 2 aromatic heterocycles. The fourth-order valence-corrected chi connectivity index (χ4v) is 3.00. The molecule has 1 amide bonds. The number of nitrogens with zero attached hydrogens (tertiary/aromatic N) is 2. The Labute approximate surface area is 152 Å². The molecule has 0 aliphatic carbocycles. The van der Waals surface area contributed by atoms with Crippen LogP contribution in [0.25, 0.3) is 11.0 Å². The summed E-state index contributed by atoms with van der Waals surface area (Å²) >= 11 is 3.21. The topological polar surface area (TPSA) is 60.1 Å². The Bertz CT molecular complexity index is 1040. The lowest BCUT2D eigenvalue weighted by atomic mass is 10.2. The van der Waals surface area contributed by atoms with Crippen LogP contribution in [0.15, 0.2) is 75.8 Å². The lowest BCUT2D eigenvalue weighted by Gasteiger charge is -2.09. The Morgan fingerprint density at radius 3 is 2.56 bits per heavy atom. The first-order valence-corrected chi connectivity index (χ1v) is 8.56. The van der Waals surface area contributed by atoms with Gasteiger partial charge in [-0.1, -0.05) is 42.5 Å². The molecule has 0 atom stereocenters. The van der Waals surface area contributed by atoms with Gasteiger partial charge in [0, 0.05) is 0 Å². The zero-order valence-corrected chi connectivity index (χ0v) is 14.7. The van der Waals surface area contributed by atoms with Crippen LogP contribution in [0.1, 0.15) is 16.1 Å². The number of nitrogens with one attached hydrogen (secondary N) is 1. The van der Waals surface area contributed by atoms with E-state index in [0.717, 1.165) is 16.6 Å². The van der Waals surface area contributed by atoms with Crippen molar-refractivity contribution in [3.8, 4) is 0 Å². The highest BCUT2D eigenvalue weighted by Gasteiger charge is 2.16. The lowest BCUT2D eigenvalue weighted by molar-refractivity contribution is 0.0994. The van der Waals surface area contributed by atoms with Crippen LogP contribution in [-0.2, 0) is 6.54 Å². The zero-order chi connectivity index (χ0) is 17.2. The highest BCUT2D eigenvalue weighted by atomic mass is 79.9. The summed E-state index contributed by atoms with van der Waals surface area (Å²) in [5.74, 6) is 0.378. The Morgan fingerprint density at radius 1 is 1.04 bits per heavy atom. The molecule has 4 aromatic rings. The SMILES string of the molecule is O=C(Nc1nc2ccccc2n1Cc1ccccc1)c1ccc(Br)o1. The largest absolute Gasteiger partial charge is 0.444 e. The van der Waals surface area contributed by atoms with Crippen LogP contribution >= 0.6 is 15.9 Å². The van der Waals surface area contributed by atoms with Gasteiger partial charge in [0.2, 0.25) is 5.95 Å². The Kier molecular flexibility index (Phi) is 4.11. The Morgan fingerprint density at radius 2 is 1.80 bits per heavy atom. The average Bonchev–Trinajstić information content (AvgIpc) is 3.20. The number of carbonyl (C=O) groups excluding carboxylic acids is 1. The number of amides is 1. The molecule has 0 saturated carbocycles. The van der Waals surface area contributed by atoms with Crippen molar-refractivity contribution in [2.75, 3.05) is 5.32 Å². The van der Waals surface area contributed by atoms with Gasteiger partial charge in [-0.2, -0.15) is 0 Å². The molecule has 2 heterocycles. The van der Waals surface area contributed by atoms with Gasteiger partial charge in [-0.15, -0.1) is 0 Å². The van der Waals surface area contributed by atoms with E-state index in [2.05, 4.69) is 26.2 Å². The van der Waals surface area contributed by atoms with Crippen LogP contribution < -0.4 is 5.32 Å². The third-order valence-electron chi connectivity index (χ3n) is 3.86. The van der Waals surface area contributed by atoms with Crippen molar-refractivity contribution in [2.45, 2.75) is 6.54 Å². The quantitative estimate of drug-likeness (QED) is 0.544. The number of furan rings is 1. The van der Waals surface area contributed by atoms with Gasteiger partial charge in [-0.25, -0.2) is 4.98 Å². The number of aromatic nitrogens is 2. The van der Waals surface area contributed by atoms with E-state index in [1.807, 2.05) is 59.2 Å². The van der Waals surface area contributed by atoms with Crippen LogP contribution in [0.4, 0.5) is 5.95 Å². The number of anilines is 1. The maximum Gasteiger partial charge on any atom is 0.293 e. The molecule has 0 spiro atoms. The maximum absolute atomic E-state index is 12.4. The number of carbonyl (C=O) groups is 1. The Balaban J connectivity index is 1.72. The predicted octanol–water partition coefficient (Wildman–Crippen LogP) is 4.69. The molecular formula is C19H14BrN3O2. The number of hydrogen-bond acceptors (Lipinski definition) is 3. The maximum atomic E-state index is 12.4. The molecule has 25 heavy (non-hydrogen) atoms. The van der Waals surface area contributed by atoms with E-state index in [-0.39, 0.29) is 11.7 Å². The second-order valence-electron chi connectivity index (χ2n) is 5.55. The summed E-state index contributed by atoms with van der Waals surface area (Å²) in [6.07, 6.45) is 0. The molecule has 0 radical (unpaired) electrons. The molecule has 1 N–H and O–H groups in total. The van der Waals surface area contributed by atoms with E-state index >= 15 is 0 Å². The summed E-state index contributed by atoms with van der Waals surface area (Å²) in [6, 6.07) is 21.2. The number of hydrogen-bond donors (Lipinski definition) is 1. The minimum Gasteiger partial charge on any atom is -0.444 e. The van der Waals surface area contributed by atoms with Gasteiger partial charge in [-0.3, -0.25) is 10.1 Å². The molecule has 0 bridgehead atoms. The van der Waals surface area contributed by atoms with Gasteiger partial charge < -0.3 is 8.98 Å². The molecule has 0 unspecified atom stereocenters. The number of benzene rings is 2. The molecule has 0 aliphatic rings. The minimum atomic E-state index is -0.338. The molecule has 5 nitrogen and oxygen atoms in total. The Hall–Kier alpha value is -2.86.